The van der Waals surface area contributed by atoms with Gasteiger partial charge in [0.05, 0.1) is 12.2 Å². The van der Waals surface area contributed by atoms with Gasteiger partial charge in [0.25, 0.3) is 0 Å². The first-order valence-electron chi connectivity index (χ1n) is 6.68. The predicted molar refractivity (Wildman–Crippen MR) is 81.7 cm³/mol. The number of rotatable bonds is 2. The molecule has 0 aliphatic carbocycles. The van der Waals surface area contributed by atoms with Gasteiger partial charge in [-0.3, -0.25) is 0 Å². The Morgan fingerprint density at radius 1 is 1.30 bits per heavy atom. The average Bonchev–Trinajstić information content (AvgIpc) is 2.33. The number of benzene rings is 1. The van der Waals surface area contributed by atoms with E-state index in [1.807, 2.05) is 13.1 Å². The first-order valence-corrected chi connectivity index (χ1v) is 6.68. The smallest absolute Gasteiger partial charge is 0.161 e. The summed E-state index contributed by atoms with van der Waals surface area (Å²) < 4.78 is 6.16. The quantitative estimate of drug-likeness (QED) is 0.735. The van der Waals surface area contributed by atoms with Gasteiger partial charge < -0.3 is 20.3 Å². The van der Waals surface area contributed by atoms with Crippen molar-refractivity contribution in [3.8, 4) is 11.5 Å². The average molecular weight is 302 g/mol. The van der Waals surface area contributed by atoms with Crippen LogP contribution in [0.2, 0.25) is 0 Å². The molecule has 1 aliphatic rings. The zero-order valence-electron chi connectivity index (χ0n) is 12.4. The molecule has 0 saturated heterocycles. The highest BCUT2D eigenvalue weighted by atomic mass is 35.5. The molecular weight excluding hydrogens is 278 g/mol. The third-order valence-electron chi connectivity index (χ3n) is 3.72. The highest BCUT2D eigenvalue weighted by molar-refractivity contribution is 5.85. The van der Waals surface area contributed by atoms with Crippen molar-refractivity contribution in [2.45, 2.75) is 39.4 Å². The van der Waals surface area contributed by atoms with Gasteiger partial charge in [-0.2, -0.15) is 0 Å². The van der Waals surface area contributed by atoms with Crippen molar-refractivity contribution in [3.63, 3.8) is 0 Å². The highest BCUT2D eigenvalue weighted by Gasteiger charge is 2.36. The molecule has 4 nitrogen and oxygen atoms in total. The second-order valence-electron chi connectivity index (χ2n) is 6.24. The molecule has 1 aromatic rings. The largest absolute Gasteiger partial charge is 0.504 e. The first-order chi connectivity index (χ1) is 8.84. The molecule has 2 rings (SSSR count). The molecule has 3 N–H and O–H groups in total. The molecule has 1 heterocycles. The number of hydrogen-bond acceptors (Lipinski definition) is 4. The van der Waals surface area contributed by atoms with Gasteiger partial charge in [-0.25, -0.2) is 0 Å². The highest BCUT2D eigenvalue weighted by Crippen LogP contribution is 2.43. The molecule has 114 valence electrons. The van der Waals surface area contributed by atoms with Crippen molar-refractivity contribution < 1.29 is 14.9 Å². The fourth-order valence-corrected chi connectivity index (χ4v) is 2.51. The van der Waals surface area contributed by atoms with Gasteiger partial charge in [0.15, 0.2) is 11.5 Å². The summed E-state index contributed by atoms with van der Waals surface area (Å²) in [6.45, 7) is 7.06. The van der Waals surface area contributed by atoms with E-state index in [0.717, 1.165) is 11.1 Å². The van der Waals surface area contributed by atoms with E-state index in [2.05, 4.69) is 26.1 Å². The number of phenols is 2. The fraction of sp³-hybridized carbons (Fsp3) is 0.600. The molecule has 0 saturated carbocycles. The number of phenolic OH excluding ortho intramolecular Hbond substituents is 2. The van der Waals surface area contributed by atoms with Crippen molar-refractivity contribution in [2.24, 2.45) is 5.41 Å². The van der Waals surface area contributed by atoms with E-state index >= 15 is 0 Å². The Bertz CT molecular complexity index is 471. The monoisotopic (exact) mass is 301 g/mol. The van der Waals surface area contributed by atoms with Crippen molar-refractivity contribution in [1.29, 1.82) is 0 Å². The number of fused-ring (bicyclic) bond motifs is 1. The zero-order valence-corrected chi connectivity index (χ0v) is 13.3. The van der Waals surface area contributed by atoms with Gasteiger partial charge in [-0.1, -0.05) is 26.8 Å². The lowest BCUT2D eigenvalue weighted by Crippen LogP contribution is -2.39. The summed E-state index contributed by atoms with van der Waals surface area (Å²) in [4.78, 5) is 0. The van der Waals surface area contributed by atoms with Crippen LogP contribution >= 0.6 is 12.4 Å². The van der Waals surface area contributed by atoms with E-state index in [1.54, 1.807) is 0 Å². The number of ether oxygens (including phenoxy) is 1. The number of aromatic hydroxyl groups is 2. The predicted octanol–water partition coefficient (Wildman–Crippen LogP) is 2.77. The third-order valence-corrected chi connectivity index (χ3v) is 3.72. The van der Waals surface area contributed by atoms with Crippen molar-refractivity contribution in [3.05, 3.63) is 23.3 Å². The summed E-state index contributed by atoms with van der Waals surface area (Å²) in [6, 6.07) is 3.36. The van der Waals surface area contributed by atoms with E-state index < -0.39 is 0 Å². The molecule has 1 aromatic carbocycles. The Hall–Kier alpha value is -0.970. The Labute approximate surface area is 126 Å². The minimum atomic E-state index is -0.0931. The number of halogens is 1. The van der Waals surface area contributed by atoms with Crippen LogP contribution in [0, 0.1) is 5.41 Å². The van der Waals surface area contributed by atoms with Crippen LogP contribution in [-0.4, -0.2) is 29.9 Å². The third kappa shape index (κ3) is 3.19. The standard InChI is InChI=1S/C15H23NO3.ClH/c1-15(2,3)13-7-10-9(12(19-13)8-16-4)5-6-11(17)14(10)18;/h5-6,12-13,16-18H,7-8H2,1-4H3;1H/t12-,13-;/m0./s1. The molecule has 0 spiro atoms. The molecule has 1 aliphatic heterocycles. The van der Waals surface area contributed by atoms with Crippen LogP contribution in [-0.2, 0) is 11.2 Å². The molecule has 5 heteroatoms. The molecule has 0 radical (unpaired) electrons. The topological polar surface area (TPSA) is 61.7 Å². The van der Waals surface area contributed by atoms with Crippen LogP contribution in [0.4, 0.5) is 0 Å². The molecular formula is C15H24ClNO3. The summed E-state index contributed by atoms with van der Waals surface area (Å²) in [5, 5.41) is 22.9. The van der Waals surface area contributed by atoms with Crippen LogP contribution in [0.3, 0.4) is 0 Å². The molecule has 0 bridgehead atoms. The second kappa shape index (κ2) is 6.20. The molecule has 0 amide bonds. The summed E-state index contributed by atoms with van der Waals surface area (Å²) in [5.74, 6) is -0.0623. The SMILES string of the molecule is CNC[C@@H]1O[C@H](C(C)(C)C)Cc2c1ccc(O)c2O.Cl. The maximum atomic E-state index is 10.1. The van der Waals surface area contributed by atoms with Crippen molar-refractivity contribution in [1.82, 2.24) is 5.32 Å². The van der Waals surface area contributed by atoms with Crippen molar-refractivity contribution >= 4 is 12.4 Å². The van der Waals surface area contributed by atoms with E-state index in [0.29, 0.717) is 13.0 Å². The van der Waals surface area contributed by atoms with E-state index in [9.17, 15) is 10.2 Å². The van der Waals surface area contributed by atoms with Gasteiger partial charge in [-0.05, 0) is 24.1 Å². The van der Waals surface area contributed by atoms with E-state index in [1.165, 1.54) is 6.07 Å². The summed E-state index contributed by atoms with van der Waals surface area (Å²) >= 11 is 0. The van der Waals surface area contributed by atoms with Crippen LogP contribution in [0.1, 0.15) is 38.0 Å². The summed E-state index contributed by atoms with van der Waals surface area (Å²) in [6.07, 6.45) is 0.551. The molecule has 2 atom stereocenters. The summed E-state index contributed by atoms with van der Waals surface area (Å²) in [7, 11) is 1.88. The number of likely N-dealkylation sites (N-methyl/N-ethyl adjacent to an activating group) is 1. The van der Waals surface area contributed by atoms with Crippen LogP contribution < -0.4 is 5.32 Å². The van der Waals surface area contributed by atoms with E-state index in [-0.39, 0.29) is 41.5 Å². The molecule has 20 heavy (non-hydrogen) atoms. The maximum absolute atomic E-state index is 10.1. The lowest BCUT2D eigenvalue weighted by molar-refractivity contribution is -0.0770. The maximum Gasteiger partial charge on any atom is 0.161 e. The van der Waals surface area contributed by atoms with Gasteiger partial charge in [0.2, 0.25) is 0 Å². The Morgan fingerprint density at radius 2 is 1.95 bits per heavy atom. The van der Waals surface area contributed by atoms with Gasteiger partial charge in [0, 0.05) is 18.5 Å². The van der Waals surface area contributed by atoms with Gasteiger partial charge in [-0.15, -0.1) is 12.4 Å². The normalized spacial score (nSPS) is 22.0. The van der Waals surface area contributed by atoms with Crippen LogP contribution in [0.15, 0.2) is 12.1 Å². The van der Waals surface area contributed by atoms with Gasteiger partial charge in [0.1, 0.15) is 0 Å². The minimum absolute atomic E-state index is 0. The molecule has 0 aromatic heterocycles. The number of hydrogen-bond donors (Lipinski definition) is 3. The zero-order chi connectivity index (χ0) is 14.2. The fourth-order valence-electron chi connectivity index (χ4n) is 2.51. The summed E-state index contributed by atoms with van der Waals surface area (Å²) in [5.41, 5.74) is 1.76. The van der Waals surface area contributed by atoms with Crippen molar-refractivity contribution in [2.75, 3.05) is 13.6 Å². The molecule has 0 fully saturated rings. The molecule has 0 unspecified atom stereocenters. The Balaban J connectivity index is 0.00000200. The van der Waals surface area contributed by atoms with E-state index in [4.69, 9.17) is 4.74 Å². The van der Waals surface area contributed by atoms with Crippen LogP contribution in [0.5, 0.6) is 11.5 Å². The lowest BCUT2D eigenvalue weighted by atomic mass is 9.81. The minimum Gasteiger partial charge on any atom is -0.504 e. The second-order valence-corrected chi connectivity index (χ2v) is 6.24. The van der Waals surface area contributed by atoms with Crippen LogP contribution in [0.25, 0.3) is 0 Å². The number of nitrogens with one attached hydrogen (secondary N) is 1. The van der Waals surface area contributed by atoms with Gasteiger partial charge >= 0.3 is 0 Å². The first kappa shape index (κ1) is 17.1. The Morgan fingerprint density at radius 3 is 2.50 bits per heavy atom. The Kier molecular flexibility index (Phi) is 5.30. The lowest BCUT2D eigenvalue weighted by Gasteiger charge is -2.39.